The minimum atomic E-state index is -3.81. The van der Waals surface area contributed by atoms with E-state index in [4.69, 9.17) is 9.15 Å². The number of hydrogen-bond donors (Lipinski definition) is 1. The number of benzene rings is 1. The number of nitrogens with zero attached hydrogens (tertiary/aromatic N) is 2. The van der Waals surface area contributed by atoms with Gasteiger partial charge in [-0.1, -0.05) is 55.2 Å². The van der Waals surface area contributed by atoms with Crippen molar-refractivity contribution in [2.75, 3.05) is 0 Å². The highest BCUT2D eigenvalue weighted by Gasteiger charge is 2.31. The molecule has 0 saturated carbocycles. The number of sulfone groups is 1. The Labute approximate surface area is 172 Å². The molecule has 0 bridgehead atoms. The number of nitrogens with one attached hydrogen (secondary N) is 1. The van der Waals surface area contributed by atoms with Gasteiger partial charge in [-0.3, -0.25) is 0 Å². The van der Waals surface area contributed by atoms with Crippen LogP contribution >= 0.6 is 0 Å². The molecule has 0 spiro atoms. The molecule has 0 aliphatic heterocycles. The molecule has 0 aliphatic carbocycles. The van der Waals surface area contributed by atoms with Gasteiger partial charge >= 0.3 is 11.3 Å². The highest BCUT2D eigenvalue weighted by Crippen LogP contribution is 2.26. The second-order valence-corrected chi connectivity index (χ2v) is 10.0. The molecule has 1 aromatic carbocycles. The fraction of sp³-hybridized carbons (Fsp3) is 0.550. The first-order valence-electron chi connectivity index (χ1n) is 9.52. The Morgan fingerprint density at radius 1 is 1.21 bits per heavy atom. The van der Waals surface area contributed by atoms with Gasteiger partial charge in [0.2, 0.25) is 15.7 Å². The summed E-state index contributed by atoms with van der Waals surface area (Å²) >= 11 is 0. The Hall–Kier alpha value is -2.42. The third-order valence-corrected chi connectivity index (χ3v) is 5.73. The maximum absolute atomic E-state index is 12.7. The molecule has 0 saturated heterocycles. The van der Waals surface area contributed by atoms with Gasteiger partial charge < -0.3 is 14.5 Å². The smallest absolute Gasteiger partial charge is 0.408 e. The van der Waals surface area contributed by atoms with Crippen molar-refractivity contribution in [1.29, 1.82) is 0 Å². The van der Waals surface area contributed by atoms with Crippen molar-refractivity contribution in [2.45, 2.75) is 70.6 Å². The molecule has 1 aromatic heterocycles. The maximum atomic E-state index is 12.7. The number of aromatic nitrogens is 2. The number of hydrogen-bond acceptors (Lipinski definition) is 7. The van der Waals surface area contributed by atoms with E-state index in [9.17, 15) is 13.2 Å². The van der Waals surface area contributed by atoms with Gasteiger partial charge in [-0.15, -0.1) is 5.10 Å². The summed E-state index contributed by atoms with van der Waals surface area (Å²) in [5.74, 6) is -0.286. The average Bonchev–Trinajstić information content (AvgIpc) is 3.10. The van der Waals surface area contributed by atoms with Crippen molar-refractivity contribution in [3.63, 3.8) is 0 Å². The first kappa shape index (κ1) is 22.9. The standard InChI is InChI=1S/C20H29N3O5S/c1-7-14(3)16(21-18(24)28-20(4,5)6)17-22-23-19(27-17)29(25,26)12-15-10-8-13(2)9-11-15/h8-11,14,16H,7,12H2,1-6H3,(H,21,24)/t14-,16+/m0/s1. The van der Waals surface area contributed by atoms with Crippen LogP contribution in [0.15, 0.2) is 33.9 Å². The molecule has 1 N–H and O–H groups in total. The average molecular weight is 424 g/mol. The quantitative estimate of drug-likeness (QED) is 0.717. The fourth-order valence-electron chi connectivity index (χ4n) is 2.55. The number of alkyl carbamates (subject to hydrolysis) is 1. The van der Waals surface area contributed by atoms with Crippen LogP contribution < -0.4 is 5.32 Å². The molecule has 160 valence electrons. The van der Waals surface area contributed by atoms with Crippen LogP contribution in [0, 0.1) is 12.8 Å². The van der Waals surface area contributed by atoms with Gasteiger partial charge in [0.1, 0.15) is 11.6 Å². The van der Waals surface area contributed by atoms with Crippen molar-refractivity contribution in [3.8, 4) is 0 Å². The summed E-state index contributed by atoms with van der Waals surface area (Å²) in [5, 5.41) is 9.86. The number of rotatable bonds is 7. The lowest BCUT2D eigenvalue weighted by Crippen LogP contribution is -2.37. The SMILES string of the molecule is CC[C@H](C)[C@@H](NC(=O)OC(C)(C)C)c1nnc(S(=O)(=O)Cc2ccc(C)cc2)o1. The molecule has 0 radical (unpaired) electrons. The molecule has 29 heavy (non-hydrogen) atoms. The van der Waals surface area contributed by atoms with E-state index in [1.54, 1.807) is 32.9 Å². The van der Waals surface area contributed by atoms with Gasteiger partial charge in [0.15, 0.2) is 0 Å². The van der Waals surface area contributed by atoms with Gasteiger partial charge in [0.25, 0.3) is 0 Å². The number of carbonyl (C=O) groups is 1. The monoisotopic (exact) mass is 423 g/mol. The minimum absolute atomic E-state index is 0.0349. The van der Waals surface area contributed by atoms with E-state index in [-0.39, 0.29) is 17.6 Å². The van der Waals surface area contributed by atoms with Gasteiger partial charge in [-0.25, -0.2) is 13.2 Å². The largest absolute Gasteiger partial charge is 0.444 e. The van der Waals surface area contributed by atoms with Gasteiger partial charge in [0, 0.05) is 0 Å². The third-order valence-electron chi connectivity index (χ3n) is 4.32. The lowest BCUT2D eigenvalue weighted by atomic mass is 9.99. The van der Waals surface area contributed by atoms with Crippen molar-refractivity contribution in [2.24, 2.45) is 5.92 Å². The Kier molecular flexibility index (Phi) is 7.05. The number of amides is 1. The molecular formula is C20H29N3O5S. The highest BCUT2D eigenvalue weighted by molar-refractivity contribution is 7.90. The molecule has 8 nitrogen and oxygen atoms in total. The molecular weight excluding hydrogens is 394 g/mol. The molecule has 2 aromatic rings. The van der Waals surface area contributed by atoms with Crippen molar-refractivity contribution < 1.29 is 22.4 Å². The number of aryl methyl sites for hydroxylation is 1. The zero-order chi connectivity index (χ0) is 21.8. The van der Waals surface area contributed by atoms with Crippen LogP contribution in [-0.4, -0.2) is 30.3 Å². The van der Waals surface area contributed by atoms with Crippen LogP contribution in [0.4, 0.5) is 4.79 Å². The van der Waals surface area contributed by atoms with E-state index in [1.165, 1.54) is 0 Å². The van der Waals surface area contributed by atoms with E-state index in [2.05, 4.69) is 15.5 Å². The molecule has 9 heteroatoms. The summed E-state index contributed by atoms with van der Waals surface area (Å²) in [7, 11) is -3.81. The summed E-state index contributed by atoms with van der Waals surface area (Å²) in [6, 6.07) is 6.51. The normalized spacial score (nSPS) is 14.3. The van der Waals surface area contributed by atoms with Crippen LogP contribution in [0.25, 0.3) is 0 Å². The molecule has 1 amide bonds. The van der Waals surface area contributed by atoms with Crippen LogP contribution in [0.5, 0.6) is 0 Å². The fourth-order valence-corrected chi connectivity index (χ4v) is 3.69. The number of carbonyl (C=O) groups excluding carboxylic acids is 1. The van der Waals surface area contributed by atoms with Gasteiger partial charge in [-0.2, -0.15) is 0 Å². The zero-order valence-electron chi connectivity index (χ0n) is 17.7. The first-order valence-corrected chi connectivity index (χ1v) is 11.2. The third kappa shape index (κ3) is 6.56. The maximum Gasteiger partial charge on any atom is 0.408 e. The van der Waals surface area contributed by atoms with E-state index < -0.39 is 32.8 Å². The topological polar surface area (TPSA) is 111 Å². The molecule has 0 unspecified atom stereocenters. The molecule has 2 rings (SSSR count). The van der Waals surface area contributed by atoms with Crippen LogP contribution in [0.2, 0.25) is 0 Å². The summed E-state index contributed by atoms with van der Waals surface area (Å²) in [6.07, 6.45) is 0.0685. The Morgan fingerprint density at radius 2 is 1.83 bits per heavy atom. The van der Waals surface area contributed by atoms with Crippen LogP contribution in [0.1, 0.15) is 64.1 Å². The lowest BCUT2D eigenvalue weighted by molar-refractivity contribution is 0.0473. The molecule has 0 aliphatic rings. The first-order chi connectivity index (χ1) is 13.4. The van der Waals surface area contributed by atoms with Crippen molar-refractivity contribution in [1.82, 2.24) is 15.5 Å². The Morgan fingerprint density at radius 3 is 2.38 bits per heavy atom. The Bertz CT molecular complexity index is 930. The summed E-state index contributed by atoms with van der Waals surface area (Å²) in [5.41, 5.74) is 0.998. The number of ether oxygens (including phenoxy) is 1. The predicted octanol–water partition coefficient (Wildman–Crippen LogP) is 3.96. The molecule has 1 heterocycles. The summed E-state index contributed by atoms with van der Waals surface area (Å²) in [6.45, 7) is 11.0. The zero-order valence-corrected chi connectivity index (χ0v) is 18.5. The second-order valence-electron chi connectivity index (χ2n) is 8.16. The highest BCUT2D eigenvalue weighted by atomic mass is 32.2. The summed E-state index contributed by atoms with van der Waals surface area (Å²) < 4.78 is 36.1. The van der Waals surface area contributed by atoms with E-state index in [0.29, 0.717) is 12.0 Å². The van der Waals surface area contributed by atoms with Crippen molar-refractivity contribution >= 4 is 15.9 Å². The van der Waals surface area contributed by atoms with Gasteiger partial charge in [-0.05, 0) is 39.2 Å². The van der Waals surface area contributed by atoms with Crippen LogP contribution in [-0.2, 0) is 20.3 Å². The predicted molar refractivity (Wildman–Crippen MR) is 108 cm³/mol. The van der Waals surface area contributed by atoms with E-state index in [1.807, 2.05) is 32.9 Å². The second kappa shape index (κ2) is 8.94. The molecule has 0 fully saturated rings. The van der Waals surface area contributed by atoms with E-state index >= 15 is 0 Å². The van der Waals surface area contributed by atoms with Crippen LogP contribution in [0.3, 0.4) is 0 Å². The Balaban J connectivity index is 2.22. The molecule has 2 atom stereocenters. The van der Waals surface area contributed by atoms with Gasteiger partial charge in [0.05, 0.1) is 5.75 Å². The van der Waals surface area contributed by atoms with E-state index in [0.717, 1.165) is 5.56 Å². The summed E-state index contributed by atoms with van der Waals surface area (Å²) in [4.78, 5) is 12.2. The minimum Gasteiger partial charge on any atom is -0.444 e. The lowest BCUT2D eigenvalue weighted by Gasteiger charge is -2.24. The van der Waals surface area contributed by atoms with Crippen molar-refractivity contribution in [3.05, 3.63) is 41.3 Å².